The first-order chi connectivity index (χ1) is 7.41. The molecule has 0 spiro atoms. The van der Waals surface area contributed by atoms with Crippen LogP contribution in [0, 0.1) is 0 Å². The van der Waals surface area contributed by atoms with Gasteiger partial charge in [-0.3, -0.25) is 0 Å². The summed E-state index contributed by atoms with van der Waals surface area (Å²) in [7, 11) is 0. The number of rotatable bonds is 12. The normalized spacial score (nSPS) is 10.8. The van der Waals surface area contributed by atoms with Crippen LogP contribution in [0.4, 0.5) is 0 Å². The molecule has 0 heterocycles. The van der Waals surface area contributed by atoms with Crippen LogP contribution in [0.5, 0.6) is 0 Å². The molecule has 0 fully saturated rings. The van der Waals surface area contributed by atoms with Crippen molar-refractivity contribution in [1.29, 1.82) is 0 Å². The minimum atomic E-state index is 0.913. The second-order valence-electron chi connectivity index (χ2n) is 3.62. The van der Waals surface area contributed by atoms with Crippen LogP contribution >= 0.6 is 11.8 Å². The monoisotopic (exact) mass is 233 g/mol. The Kier molecular flexibility index (Phi) is 14.5. The Morgan fingerprint density at radius 3 is 2.47 bits per heavy atom. The van der Waals surface area contributed by atoms with Gasteiger partial charge in [-0.1, -0.05) is 20.3 Å². The second kappa shape index (κ2) is 14.3. The lowest BCUT2D eigenvalue weighted by Gasteiger charge is -2.05. The molecule has 0 atom stereocenters. The van der Waals surface area contributed by atoms with Gasteiger partial charge in [-0.15, -0.1) is 0 Å². The molecular formula is C12H27NOS. The molecule has 0 saturated heterocycles. The molecule has 15 heavy (non-hydrogen) atoms. The largest absolute Gasteiger partial charge is 0.381 e. The Bertz CT molecular complexity index is 99.8. The maximum Gasteiger partial charge on any atom is 0.0478 e. The summed E-state index contributed by atoms with van der Waals surface area (Å²) in [5, 5.41) is 3.44. The van der Waals surface area contributed by atoms with Crippen LogP contribution in [0.25, 0.3) is 0 Å². The summed E-state index contributed by atoms with van der Waals surface area (Å²) in [6.07, 6.45) is 4.86. The molecule has 0 aromatic rings. The van der Waals surface area contributed by atoms with Gasteiger partial charge in [0.05, 0.1) is 0 Å². The predicted molar refractivity (Wildman–Crippen MR) is 70.8 cm³/mol. The molecule has 2 nitrogen and oxygen atoms in total. The minimum absolute atomic E-state index is 0.913. The SMILES string of the molecule is CCCCOCCCNCCCSCC. The van der Waals surface area contributed by atoms with E-state index in [1.807, 2.05) is 11.8 Å². The van der Waals surface area contributed by atoms with Gasteiger partial charge in [-0.2, -0.15) is 11.8 Å². The Labute approximate surface area is 99.5 Å². The minimum Gasteiger partial charge on any atom is -0.381 e. The molecule has 0 bridgehead atoms. The fourth-order valence-corrected chi connectivity index (χ4v) is 1.85. The van der Waals surface area contributed by atoms with Crippen LogP contribution in [0.1, 0.15) is 39.5 Å². The van der Waals surface area contributed by atoms with Crippen LogP contribution in [-0.2, 0) is 4.74 Å². The molecule has 0 amide bonds. The zero-order chi connectivity index (χ0) is 11.2. The Hall–Kier alpha value is 0.270. The molecule has 1 N–H and O–H groups in total. The molecule has 0 unspecified atom stereocenters. The zero-order valence-corrected chi connectivity index (χ0v) is 11.2. The predicted octanol–water partition coefficient (Wildman–Crippen LogP) is 2.93. The maximum atomic E-state index is 5.48. The van der Waals surface area contributed by atoms with E-state index in [9.17, 15) is 0 Å². The average Bonchev–Trinajstić information content (AvgIpc) is 2.26. The lowest BCUT2D eigenvalue weighted by atomic mass is 10.3. The van der Waals surface area contributed by atoms with E-state index in [2.05, 4.69) is 19.2 Å². The van der Waals surface area contributed by atoms with Gasteiger partial charge in [0, 0.05) is 13.2 Å². The highest BCUT2D eigenvalue weighted by Gasteiger charge is 1.90. The first-order valence-corrected chi connectivity index (χ1v) is 7.43. The number of hydrogen-bond donors (Lipinski definition) is 1. The van der Waals surface area contributed by atoms with Crippen molar-refractivity contribution in [2.24, 2.45) is 0 Å². The smallest absolute Gasteiger partial charge is 0.0478 e. The Morgan fingerprint density at radius 1 is 1.00 bits per heavy atom. The molecule has 0 aliphatic rings. The third-order valence-electron chi connectivity index (χ3n) is 2.13. The van der Waals surface area contributed by atoms with Crippen molar-refractivity contribution in [3.05, 3.63) is 0 Å². The molecule has 0 aromatic carbocycles. The summed E-state index contributed by atoms with van der Waals surface area (Å²) in [4.78, 5) is 0. The Balaban J connectivity index is 2.81. The van der Waals surface area contributed by atoms with Gasteiger partial charge in [0.25, 0.3) is 0 Å². The van der Waals surface area contributed by atoms with Gasteiger partial charge in [-0.05, 0) is 43.9 Å². The number of nitrogens with one attached hydrogen (secondary N) is 1. The lowest BCUT2D eigenvalue weighted by molar-refractivity contribution is 0.129. The Morgan fingerprint density at radius 2 is 1.73 bits per heavy atom. The molecule has 92 valence electrons. The standard InChI is InChI=1S/C12H27NOS/c1-3-5-10-14-11-6-8-13-9-7-12-15-4-2/h13H,3-12H2,1-2H3. The van der Waals surface area contributed by atoms with Crippen LogP contribution in [0.3, 0.4) is 0 Å². The lowest BCUT2D eigenvalue weighted by Crippen LogP contribution is -2.18. The quantitative estimate of drug-likeness (QED) is 0.524. The van der Waals surface area contributed by atoms with Crippen molar-refractivity contribution < 1.29 is 4.74 Å². The van der Waals surface area contributed by atoms with Gasteiger partial charge in [-0.25, -0.2) is 0 Å². The van der Waals surface area contributed by atoms with E-state index >= 15 is 0 Å². The van der Waals surface area contributed by atoms with E-state index in [1.54, 1.807) is 0 Å². The molecule has 0 saturated carbocycles. The fourth-order valence-electron chi connectivity index (χ4n) is 1.22. The van der Waals surface area contributed by atoms with E-state index < -0.39 is 0 Å². The van der Waals surface area contributed by atoms with Gasteiger partial charge in [0.2, 0.25) is 0 Å². The number of thioether (sulfide) groups is 1. The third-order valence-corrected chi connectivity index (χ3v) is 3.12. The van der Waals surface area contributed by atoms with E-state index in [1.165, 1.54) is 30.8 Å². The first-order valence-electron chi connectivity index (χ1n) is 6.28. The van der Waals surface area contributed by atoms with Crippen molar-refractivity contribution in [2.75, 3.05) is 37.8 Å². The molecule has 0 radical (unpaired) electrons. The number of hydrogen-bond acceptors (Lipinski definition) is 3. The van der Waals surface area contributed by atoms with Gasteiger partial charge in [0.15, 0.2) is 0 Å². The summed E-state index contributed by atoms with van der Waals surface area (Å²) in [5.41, 5.74) is 0. The van der Waals surface area contributed by atoms with Crippen LogP contribution < -0.4 is 5.32 Å². The molecule has 0 aliphatic carbocycles. The van der Waals surface area contributed by atoms with Crippen LogP contribution in [0.2, 0.25) is 0 Å². The molecule has 3 heteroatoms. The highest BCUT2D eigenvalue weighted by molar-refractivity contribution is 7.99. The average molecular weight is 233 g/mol. The van der Waals surface area contributed by atoms with Crippen LogP contribution in [-0.4, -0.2) is 37.8 Å². The van der Waals surface area contributed by atoms with Gasteiger partial charge in [0.1, 0.15) is 0 Å². The van der Waals surface area contributed by atoms with Gasteiger partial charge >= 0.3 is 0 Å². The van der Waals surface area contributed by atoms with E-state index in [-0.39, 0.29) is 0 Å². The summed E-state index contributed by atoms with van der Waals surface area (Å²) in [5.74, 6) is 2.53. The summed E-state index contributed by atoms with van der Waals surface area (Å²) < 4.78 is 5.48. The van der Waals surface area contributed by atoms with E-state index in [0.717, 1.165) is 32.7 Å². The molecular weight excluding hydrogens is 206 g/mol. The fraction of sp³-hybridized carbons (Fsp3) is 1.00. The summed E-state index contributed by atoms with van der Waals surface area (Å²) in [6, 6.07) is 0. The number of ether oxygens (including phenoxy) is 1. The van der Waals surface area contributed by atoms with E-state index in [0.29, 0.717) is 0 Å². The number of unbranched alkanes of at least 4 members (excludes halogenated alkanes) is 1. The third kappa shape index (κ3) is 14.3. The molecule has 0 rings (SSSR count). The highest BCUT2D eigenvalue weighted by Crippen LogP contribution is 1.99. The van der Waals surface area contributed by atoms with Crippen molar-refractivity contribution in [1.82, 2.24) is 5.32 Å². The second-order valence-corrected chi connectivity index (χ2v) is 5.01. The highest BCUT2D eigenvalue weighted by atomic mass is 32.2. The van der Waals surface area contributed by atoms with Gasteiger partial charge < -0.3 is 10.1 Å². The first kappa shape index (κ1) is 15.3. The summed E-state index contributed by atoms with van der Waals surface area (Å²) in [6.45, 7) is 8.51. The topological polar surface area (TPSA) is 21.3 Å². The van der Waals surface area contributed by atoms with Crippen molar-refractivity contribution >= 4 is 11.8 Å². The molecule has 0 aromatic heterocycles. The van der Waals surface area contributed by atoms with E-state index in [4.69, 9.17) is 4.74 Å². The van der Waals surface area contributed by atoms with Crippen molar-refractivity contribution in [3.63, 3.8) is 0 Å². The summed E-state index contributed by atoms with van der Waals surface area (Å²) >= 11 is 2.02. The molecule has 0 aliphatic heterocycles. The van der Waals surface area contributed by atoms with Crippen molar-refractivity contribution in [3.8, 4) is 0 Å². The van der Waals surface area contributed by atoms with Crippen molar-refractivity contribution in [2.45, 2.75) is 39.5 Å². The van der Waals surface area contributed by atoms with Crippen LogP contribution in [0.15, 0.2) is 0 Å². The zero-order valence-electron chi connectivity index (χ0n) is 10.4. The maximum absolute atomic E-state index is 5.48.